The topological polar surface area (TPSA) is 72.3 Å². The first-order chi connectivity index (χ1) is 5.84. The minimum absolute atomic E-state index is 0.560. The highest BCUT2D eigenvalue weighted by molar-refractivity contribution is 5.00. The number of aromatic nitrogens is 6. The SMILES string of the molecule is Cc1cnn(Cc2nn[nH]n2)c1. The molecule has 0 aromatic carbocycles. The van der Waals surface area contributed by atoms with Gasteiger partial charge in [-0.25, -0.2) is 0 Å². The number of H-pyrrole nitrogens is 1. The van der Waals surface area contributed by atoms with E-state index in [1.165, 1.54) is 0 Å². The van der Waals surface area contributed by atoms with Crippen molar-refractivity contribution < 1.29 is 0 Å². The molecule has 0 unspecified atom stereocenters. The molecule has 0 aliphatic rings. The summed E-state index contributed by atoms with van der Waals surface area (Å²) >= 11 is 0. The Morgan fingerprint density at radius 1 is 1.58 bits per heavy atom. The van der Waals surface area contributed by atoms with Crippen LogP contribution in [-0.2, 0) is 6.54 Å². The number of tetrazole rings is 1. The van der Waals surface area contributed by atoms with Gasteiger partial charge in [-0.1, -0.05) is 5.21 Å². The summed E-state index contributed by atoms with van der Waals surface area (Å²) < 4.78 is 1.76. The van der Waals surface area contributed by atoms with Crippen LogP contribution < -0.4 is 0 Å². The molecule has 0 atom stereocenters. The highest BCUT2D eigenvalue weighted by atomic mass is 15.5. The standard InChI is InChI=1S/C6H8N6/c1-5-2-7-12(3-5)4-6-8-10-11-9-6/h2-3H,4H2,1H3,(H,8,9,10,11). The summed E-state index contributed by atoms with van der Waals surface area (Å²) in [6.07, 6.45) is 3.72. The summed E-state index contributed by atoms with van der Waals surface area (Å²) in [5, 5.41) is 17.5. The van der Waals surface area contributed by atoms with E-state index in [0.29, 0.717) is 12.4 Å². The Bertz CT molecular complexity index is 348. The Morgan fingerprint density at radius 3 is 3.08 bits per heavy atom. The largest absolute Gasteiger partial charge is 0.265 e. The summed E-state index contributed by atoms with van der Waals surface area (Å²) in [6.45, 7) is 2.55. The first-order valence-corrected chi connectivity index (χ1v) is 3.56. The zero-order chi connectivity index (χ0) is 8.39. The fraction of sp³-hybridized carbons (Fsp3) is 0.333. The summed E-state index contributed by atoms with van der Waals surface area (Å²) in [5.74, 6) is 0.637. The molecule has 62 valence electrons. The maximum Gasteiger partial charge on any atom is 0.195 e. The molecule has 2 aromatic rings. The molecular formula is C6H8N6. The van der Waals surface area contributed by atoms with E-state index >= 15 is 0 Å². The van der Waals surface area contributed by atoms with Gasteiger partial charge in [-0.2, -0.15) is 10.3 Å². The summed E-state index contributed by atoms with van der Waals surface area (Å²) in [5.41, 5.74) is 1.12. The van der Waals surface area contributed by atoms with Crippen molar-refractivity contribution >= 4 is 0 Å². The number of hydrogen-bond acceptors (Lipinski definition) is 4. The second-order valence-electron chi connectivity index (χ2n) is 2.54. The van der Waals surface area contributed by atoms with Gasteiger partial charge in [0.2, 0.25) is 0 Å². The van der Waals surface area contributed by atoms with Crippen molar-refractivity contribution in [1.82, 2.24) is 30.4 Å². The lowest BCUT2D eigenvalue weighted by Gasteiger charge is -1.92. The molecular weight excluding hydrogens is 156 g/mol. The van der Waals surface area contributed by atoms with Crippen molar-refractivity contribution in [3.8, 4) is 0 Å². The molecule has 0 fully saturated rings. The minimum atomic E-state index is 0.560. The third-order valence-electron chi connectivity index (χ3n) is 1.45. The van der Waals surface area contributed by atoms with Crippen molar-refractivity contribution in [2.45, 2.75) is 13.5 Å². The van der Waals surface area contributed by atoms with Crippen LogP contribution in [0.25, 0.3) is 0 Å². The summed E-state index contributed by atoms with van der Waals surface area (Å²) in [6, 6.07) is 0. The van der Waals surface area contributed by atoms with Crippen LogP contribution in [0.4, 0.5) is 0 Å². The van der Waals surface area contributed by atoms with E-state index in [4.69, 9.17) is 0 Å². The lowest BCUT2D eigenvalue weighted by Crippen LogP contribution is -2.01. The van der Waals surface area contributed by atoms with Gasteiger partial charge < -0.3 is 0 Å². The molecule has 6 heteroatoms. The Hall–Kier alpha value is -1.72. The number of aromatic amines is 1. The number of hydrogen-bond donors (Lipinski definition) is 1. The van der Waals surface area contributed by atoms with Gasteiger partial charge in [0.25, 0.3) is 0 Å². The van der Waals surface area contributed by atoms with E-state index in [2.05, 4.69) is 25.7 Å². The first-order valence-electron chi connectivity index (χ1n) is 3.56. The van der Waals surface area contributed by atoms with Crippen molar-refractivity contribution in [3.63, 3.8) is 0 Å². The van der Waals surface area contributed by atoms with Crippen molar-refractivity contribution in [2.75, 3.05) is 0 Å². The van der Waals surface area contributed by atoms with Gasteiger partial charge in [0.05, 0.1) is 6.20 Å². The number of nitrogens with zero attached hydrogens (tertiary/aromatic N) is 5. The zero-order valence-electron chi connectivity index (χ0n) is 6.60. The molecule has 0 saturated heterocycles. The van der Waals surface area contributed by atoms with Gasteiger partial charge >= 0.3 is 0 Å². The van der Waals surface area contributed by atoms with E-state index in [-0.39, 0.29) is 0 Å². The Kier molecular flexibility index (Phi) is 1.58. The van der Waals surface area contributed by atoms with Crippen molar-refractivity contribution in [1.29, 1.82) is 0 Å². The van der Waals surface area contributed by atoms with Crippen molar-refractivity contribution in [3.05, 3.63) is 23.8 Å². The van der Waals surface area contributed by atoms with Crippen molar-refractivity contribution in [2.24, 2.45) is 0 Å². The summed E-state index contributed by atoms with van der Waals surface area (Å²) in [7, 11) is 0. The number of rotatable bonds is 2. The highest BCUT2D eigenvalue weighted by Crippen LogP contribution is 1.96. The molecule has 0 aliphatic heterocycles. The average molecular weight is 164 g/mol. The molecule has 0 aliphatic carbocycles. The monoisotopic (exact) mass is 164 g/mol. The molecule has 1 N–H and O–H groups in total. The van der Waals surface area contributed by atoms with Gasteiger partial charge in [-0.05, 0) is 12.5 Å². The van der Waals surface area contributed by atoms with Gasteiger partial charge in [0, 0.05) is 6.20 Å². The van der Waals surface area contributed by atoms with Crippen LogP contribution in [0.1, 0.15) is 11.4 Å². The average Bonchev–Trinajstić information content (AvgIpc) is 2.63. The smallest absolute Gasteiger partial charge is 0.195 e. The Labute approximate surface area is 68.6 Å². The molecule has 2 heterocycles. The third kappa shape index (κ3) is 1.31. The molecule has 6 nitrogen and oxygen atoms in total. The second-order valence-corrected chi connectivity index (χ2v) is 2.54. The molecule has 12 heavy (non-hydrogen) atoms. The van der Waals surface area contributed by atoms with E-state index in [1.54, 1.807) is 10.9 Å². The second kappa shape index (κ2) is 2.72. The summed E-state index contributed by atoms with van der Waals surface area (Å²) in [4.78, 5) is 0. The molecule has 0 saturated carbocycles. The van der Waals surface area contributed by atoms with Gasteiger partial charge in [0.15, 0.2) is 5.82 Å². The van der Waals surface area contributed by atoms with Crippen LogP contribution in [0.5, 0.6) is 0 Å². The molecule has 2 rings (SSSR count). The van der Waals surface area contributed by atoms with Gasteiger partial charge in [-0.15, -0.1) is 10.2 Å². The minimum Gasteiger partial charge on any atom is -0.265 e. The van der Waals surface area contributed by atoms with Crippen LogP contribution in [0.3, 0.4) is 0 Å². The van der Waals surface area contributed by atoms with Crippen LogP contribution >= 0.6 is 0 Å². The van der Waals surface area contributed by atoms with Crippen LogP contribution in [0, 0.1) is 6.92 Å². The lowest BCUT2D eigenvalue weighted by atomic mass is 10.4. The normalized spacial score (nSPS) is 10.4. The third-order valence-corrected chi connectivity index (χ3v) is 1.45. The molecule has 0 spiro atoms. The number of aryl methyl sites for hydroxylation is 1. The van der Waals surface area contributed by atoms with Gasteiger partial charge in [0.1, 0.15) is 6.54 Å². The highest BCUT2D eigenvalue weighted by Gasteiger charge is 1.99. The van der Waals surface area contributed by atoms with E-state index in [1.807, 2.05) is 13.1 Å². The zero-order valence-corrected chi connectivity index (χ0v) is 6.60. The molecule has 0 amide bonds. The van der Waals surface area contributed by atoms with E-state index in [0.717, 1.165) is 5.56 Å². The van der Waals surface area contributed by atoms with E-state index in [9.17, 15) is 0 Å². The maximum atomic E-state index is 4.09. The van der Waals surface area contributed by atoms with Crippen LogP contribution in [-0.4, -0.2) is 30.4 Å². The van der Waals surface area contributed by atoms with Crippen LogP contribution in [0.15, 0.2) is 12.4 Å². The van der Waals surface area contributed by atoms with E-state index < -0.39 is 0 Å². The predicted molar refractivity (Wildman–Crippen MR) is 40.2 cm³/mol. The molecule has 0 bridgehead atoms. The maximum absolute atomic E-state index is 4.09. The molecule has 2 aromatic heterocycles. The lowest BCUT2D eigenvalue weighted by molar-refractivity contribution is 0.656. The number of nitrogens with one attached hydrogen (secondary N) is 1. The Morgan fingerprint density at radius 2 is 2.50 bits per heavy atom. The Balaban J connectivity index is 2.14. The fourth-order valence-electron chi connectivity index (χ4n) is 0.948. The fourth-order valence-corrected chi connectivity index (χ4v) is 0.948. The van der Waals surface area contributed by atoms with Crippen LogP contribution in [0.2, 0.25) is 0 Å². The predicted octanol–water partition coefficient (Wildman–Crippen LogP) is -0.247. The first kappa shape index (κ1) is 6.96. The van der Waals surface area contributed by atoms with Gasteiger partial charge in [-0.3, -0.25) is 4.68 Å². The molecule has 0 radical (unpaired) electrons. The quantitative estimate of drug-likeness (QED) is 0.664.